The predicted molar refractivity (Wildman–Crippen MR) is 98.9 cm³/mol. The van der Waals surface area contributed by atoms with Crippen molar-refractivity contribution >= 4 is 39.7 Å². The summed E-state index contributed by atoms with van der Waals surface area (Å²) in [6, 6.07) is 9.83. The van der Waals surface area contributed by atoms with Crippen molar-refractivity contribution in [2.75, 3.05) is 0 Å². The Kier molecular flexibility index (Phi) is 3.71. The van der Waals surface area contributed by atoms with Crippen molar-refractivity contribution in [3.63, 3.8) is 0 Å². The Morgan fingerprint density at radius 2 is 2.00 bits per heavy atom. The number of nitrogens with one attached hydrogen (secondary N) is 1. The van der Waals surface area contributed by atoms with Crippen LogP contribution in [0, 0.1) is 3.57 Å². The number of carbonyl (C=O) groups is 1. The molecule has 1 aromatic carbocycles. The molecule has 122 valence electrons. The maximum Gasteiger partial charge on any atom is 0.405 e. The molecule has 0 spiro atoms. The minimum atomic E-state index is -0.974. The van der Waals surface area contributed by atoms with Crippen LogP contribution in [0.2, 0.25) is 0 Å². The van der Waals surface area contributed by atoms with Gasteiger partial charge in [-0.3, -0.25) is 4.98 Å². The summed E-state index contributed by atoms with van der Waals surface area (Å²) in [6.45, 7) is 0. The Labute approximate surface area is 152 Å². The summed E-state index contributed by atoms with van der Waals surface area (Å²) >= 11 is 2.27. The molecule has 1 aliphatic carbocycles. The third-order valence-electron chi connectivity index (χ3n) is 4.68. The van der Waals surface area contributed by atoms with Crippen molar-refractivity contribution in [2.24, 2.45) is 0 Å². The van der Waals surface area contributed by atoms with Crippen LogP contribution in [-0.2, 0) is 5.54 Å². The molecule has 0 bridgehead atoms. The van der Waals surface area contributed by atoms with E-state index >= 15 is 0 Å². The average Bonchev–Trinajstić information content (AvgIpc) is 2.88. The SMILES string of the molecule is O=C(O)NC1(c2ccc(-c3oc4ccncc4c3I)cc2)CCC1. The quantitative estimate of drug-likeness (QED) is 0.584. The van der Waals surface area contributed by atoms with Crippen molar-refractivity contribution in [2.45, 2.75) is 24.8 Å². The molecule has 24 heavy (non-hydrogen) atoms. The fraction of sp³-hybridized carbons (Fsp3) is 0.222. The maximum atomic E-state index is 11.1. The number of carboxylic acid groups (broad SMARTS) is 1. The highest BCUT2D eigenvalue weighted by atomic mass is 127. The standard InChI is InChI=1S/C18H15IN2O3/c19-15-13-10-20-9-6-14(13)24-16(15)11-2-4-12(5-3-11)18(7-1-8-18)21-17(22)23/h2-6,9-10,21H,1,7-8H2,(H,22,23). The van der Waals surface area contributed by atoms with Gasteiger partial charge in [-0.2, -0.15) is 0 Å². The Morgan fingerprint density at radius 1 is 1.25 bits per heavy atom. The number of pyridine rings is 1. The summed E-state index contributed by atoms with van der Waals surface area (Å²) in [7, 11) is 0. The number of fused-ring (bicyclic) bond motifs is 1. The fourth-order valence-corrected chi connectivity index (χ4v) is 4.09. The second kappa shape index (κ2) is 5.77. The lowest BCUT2D eigenvalue weighted by Gasteiger charge is -2.42. The zero-order valence-electron chi connectivity index (χ0n) is 12.8. The molecule has 6 heteroatoms. The minimum absolute atomic E-state index is 0.435. The number of amides is 1. The number of nitrogens with zero attached hydrogens (tertiary/aromatic N) is 1. The molecule has 0 saturated heterocycles. The molecule has 0 atom stereocenters. The zero-order valence-corrected chi connectivity index (χ0v) is 14.9. The van der Waals surface area contributed by atoms with E-state index in [0.29, 0.717) is 0 Å². The third-order valence-corrected chi connectivity index (χ3v) is 5.75. The van der Waals surface area contributed by atoms with E-state index in [1.807, 2.05) is 30.3 Å². The van der Waals surface area contributed by atoms with Crippen LogP contribution in [0.5, 0.6) is 0 Å². The van der Waals surface area contributed by atoms with E-state index in [9.17, 15) is 4.79 Å². The van der Waals surface area contributed by atoms with E-state index < -0.39 is 11.6 Å². The molecular formula is C18H15IN2O3. The summed E-state index contributed by atoms with van der Waals surface area (Å²) in [6.07, 6.45) is 5.26. The normalized spacial score (nSPS) is 15.9. The van der Waals surface area contributed by atoms with Crippen LogP contribution in [0.15, 0.2) is 47.1 Å². The smallest absolute Gasteiger partial charge is 0.405 e. The zero-order chi connectivity index (χ0) is 16.7. The topological polar surface area (TPSA) is 75.4 Å². The first-order chi connectivity index (χ1) is 11.6. The van der Waals surface area contributed by atoms with Gasteiger partial charge in [0.2, 0.25) is 0 Å². The number of aromatic nitrogens is 1. The molecule has 5 nitrogen and oxygen atoms in total. The average molecular weight is 434 g/mol. The molecule has 0 aliphatic heterocycles. The van der Waals surface area contributed by atoms with Crippen LogP contribution in [0.1, 0.15) is 24.8 Å². The molecule has 1 fully saturated rings. The number of hydrogen-bond donors (Lipinski definition) is 2. The van der Waals surface area contributed by atoms with Gasteiger partial charge in [-0.05, 0) is 53.5 Å². The van der Waals surface area contributed by atoms with Gasteiger partial charge in [-0.1, -0.05) is 24.3 Å². The lowest BCUT2D eigenvalue weighted by molar-refractivity contribution is 0.144. The summed E-state index contributed by atoms with van der Waals surface area (Å²) in [5.41, 5.74) is 2.36. The van der Waals surface area contributed by atoms with Gasteiger partial charge in [-0.25, -0.2) is 4.79 Å². The molecule has 0 unspecified atom stereocenters. The Hall–Kier alpha value is -2.09. The molecule has 2 heterocycles. The van der Waals surface area contributed by atoms with Gasteiger partial charge in [0.1, 0.15) is 11.3 Å². The first-order valence-corrected chi connectivity index (χ1v) is 8.81. The molecule has 1 aliphatic rings. The molecule has 2 aromatic heterocycles. The Morgan fingerprint density at radius 3 is 2.58 bits per heavy atom. The van der Waals surface area contributed by atoms with Crippen molar-refractivity contribution in [1.82, 2.24) is 10.3 Å². The van der Waals surface area contributed by atoms with Crippen molar-refractivity contribution in [3.05, 3.63) is 51.9 Å². The van der Waals surface area contributed by atoms with Gasteiger partial charge in [0.05, 0.1) is 14.5 Å². The number of furan rings is 1. The number of hydrogen-bond acceptors (Lipinski definition) is 3. The largest absolute Gasteiger partial charge is 0.465 e. The number of halogens is 1. The van der Waals surface area contributed by atoms with E-state index in [0.717, 1.165) is 50.7 Å². The van der Waals surface area contributed by atoms with Gasteiger partial charge in [0, 0.05) is 18.0 Å². The Bertz CT molecular complexity index is 914. The van der Waals surface area contributed by atoms with Gasteiger partial charge in [0.15, 0.2) is 0 Å². The third kappa shape index (κ3) is 2.45. The molecular weight excluding hydrogens is 419 g/mol. The highest BCUT2D eigenvalue weighted by molar-refractivity contribution is 14.1. The fourth-order valence-electron chi connectivity index (χ4n) is 3.26. The van der Waals surface area contributed by atoms with Crippen molar-refractivity contribution in [3.8, 4) is 11.3 Å². The lowest BCUT2D eigenvalue weighted by atomic mass is 9.72. The summed E-state index contributed by atoms with van der Waals surface area (Å²) in [5.74, 6) is 0.819. The lowest BCUT2D eigenvalue weighted by Crippen LogP contribution is -2.50. The predicted octanol–water partition coefficient (Wildman–Crippen LogP) is 4.75. The monoisotopic (exact) mass is 434 g/mol. The number of benzene rings is 1. The molecule has 1 saturated carbocycles. The molecule has 0 radical (unpaired) electrons. The first-order valence-electron chi connectivity index (χ1n) is 7.73. The van der Waals surface area contributed by atoms with Crippen molar-refractivity contribution in [1.29, 1.82) is 0 Å². The molecule has 1 amide bonds. The first kappa shape index (κ1) is 15.4. The highest BCUT2D eigenvalue weighted by Gasteiger charge is 2.40. The van der Waals surface area contributed by atoms with Crippen LogP contribution < -0.4 is 5.32 Å². The number of rotatable bonds is 3. The van der Waals surface area contributed by atoms with Crippen LogP contribution in [0.25, 0.3) is 22.3 Å². The van der Waals surface area contributed by atoms with E-state index in [4.69, 9.17) is 9.52 Å². The van der Waals surface area contributed by atoms with E-state index in [2.05, 4.69) is 32.9 Å². The maximum absolute atomic E-state index is 11.1. The van der Waals surface area contributed by atoms with Crippen LogP contribution in [0.3, 0.4) is 0 Å². The van der Waals surface area contributed by atoms with Crippen molar-refractivity contribution < 1.29 is 14.3 Å². The van der Waals surface area contributed by atoms with Crippen LogP contribution in [-0.4, -0.2) is 16.2 Å². The van der Waals surface area contributed by atoms with Crippen LogP contribution >= 0.6 is 22.6 Å². The molecule has 2 N–H and O–H groups in total. The second-order valence-corrected chi connectivity index (χ2v) is 7.14. The summed E-state index contributed by atoms with van der Waals surface area (Å²) < 4.78 is 6.99. The van der Waals surface area contributed by atoms with Gasteiger partial charge < -0.3 is 14.8 Å². The molecule has 3 aromatic rings. The van der Waals surface area contributed by atoms with E-state index in [1.54, 1.807) is 12.4 Å². The minimum Gasteiger partial charge on any atom is -0.465 e. The Balaban J connectivity index is 1.70. The van der Waals surface area contributed by atoms with Crippen LogP contribution in [0.4, 0.5) is 4.79 Å². The van der Waals surface area contributed by atoms with Gasteiger partial charge in [0.25, 0.3) is 0 Å². The molecule has 4 rings (SSSR count). The van der Waals surface area contributed by atoms with Gasteiger partial charge >= 0.3 is 6.09 Å². The summed E-state index contributed by atoms with van der Waals surface area (Å²) in [4.78, 5) is 15.2. The van der Waals surface area contributed by atoms with E-state index in [-0.39, 0.29) is 0 Å². The summed E-state index contributed by atoms with van der Waals surface area (Å²) in [5, 5.41) is 12.8. The second-order valence-electron chi connectivity index (χ2n) is 6.06. The van der Waals surface area contributed by atoms with E-state index in [1.165, 1.54) is 0 Å². The highest BCUT2D eigenvalue weighted by Crippen LogP contribution is 2.42. The van der Waals surface area contributed by atoms with Gasteiger partial charge in [-0.15, -0.1) is 0 Å².